The van der Waals surface area contributed by atoms with Crippen LogP contribution >= 0.6 is 34.9 Å². The van der Waals surface area contributed by atoms with E-state index in [1.807, 2.05) is 6.92 Å². The minimum Gasteiger partial charge on any atom is -0.543 e. The number of nitrogens with two attached hydrogens (primary N) is 3. The normalized spacial score (nSPS) is 18.5. The Labute approximate surface area is 245 Å². The van der Waals surface area contributed by atoms with Gasteiger partial charge in [-0.25, -0.2) is 14.3 Å². The SMILES string of the molecule is CCC[n+]1c(N)cc(N)nc1SCC1=C(C(=O)[O-])N2C(=O)C(NC(=O)/C(=N\OCC(=O)O)c3csc(N)n3)[C@H]2SC1. The van der Waals surface area contributed by atoms with Gasteiger partial charge in [-0.1, -0.05) is 17.1 Å². The molecule has 2 aromatic rings. The minimum atomic E-state index is -1.53. The number of carbonyl (C=O) groups is 4. The van der Waals surface area contributed by atoms with Crippen molar-refractivity contribution in [2.24, 2.45) is 5.16 Å². The largest absolute Gasteiger partial charge is 0.543 e. The average molecular weight is 624 g/mol. The Morgan fingerprint density at radius 2 is 2.10 bits per heavy atom. The summed E-state index contributed by atoms with van der Waals surface area (Å²) in [6.07, 6.45) is 0.780. The molecule has 0 bridgehead atoms. The van der Waals surface area contributed by atoms with E-state index in [4.69, 9.17) is 27.1 Å². The highest BCUT2D eigenvalue weighted by atomic mass is 32.2. The fourth-order valence-electron chi connectivity index (χ4n) is 4.00. The van der Waals surface area contributed by atoms with Crippen molar-refractivity contribution in [3.63, 3.8) is 0 Å². The van der Waals surface area contributed by atoms with Crippen LogP contribution < -0.4 is 32.2 Å². The highest BCUT2D eigenvalue weighted by molar-refractivity contribution is 8.01. The van der Waals surface area contributed by atoms with Gasteiger partial charge < -0.3 is 42.4 Å². The van der Waals surface area contributed by atoms with Crippen LogP contribution in [0.5, 0.6) is 0 Å². The number of nitrogens with one attached hydrogen (secondary N) is 1. The molecule has 0 spiro atoms. The van der Waals surface area contributed by atoms with E-state index in [1.165, 1.54) is 35.0 Å². The monoisotopic (exact) mass is 623 g/mol. The molecule has 1 saturated heterocycles. The Kier molecular flexibility index (Phi) is 9.18. The number of thiazole rings is 1. The van der Waals surface area contributed by atoms with Crippen molar-refractivity contribution in [1.29, 1.82) is 0 Å². The smallest absolute Gasteiger partial charge is 0.344 e. The predicted octanol–water partition coefficient (Wildman–Crippen LogP) is -2.02. The first-order chi connectivity index (χ1) is 19.5. The lowest BCUT2D eigenvalue weighted by Gasteiger charge is -2.50. The van der Waals surface area contributed by atoms with Crippen molar-refractivity contribution in [2.45, 2.75) is 36.5 Å². The van der Waals surface area contributed by atoms with Crippen molar-refractivity contribution >= 4 is 81.1 Å². The molecule has 41 heavy (non-hydrogen) atoms. The second-order valence-corrected chi connectivity index (χ2v) is 11.5. The fourth-order valence-corrected chi connectivity index (χ4v) is 7.09. The molecule has 2 aliphatic heterocycles. The lowest BCUT2D eigenvalue weighted by molar-refractivity contribution is -0.723. The van der Waals surface area contributed by atoms with Gasteiger partial charge in [0, 0.05) is 16.9 Å². The molecule has 2 amide bonds. The number of amides is 2. The quantitative estimate of drug-likeness (QED) is 0.0427. The number of rotatable bonds is 12. The van der Waals surface area contributed by atoms with Crippen LogP contribution in [0.1, 0.15) is 19.0 Å². The van der Waals surface area contributed by atoms with Gasteiger partial charge in [0.1, 0.15) is 17.1 Å². The van der Waals surface area contributed by atoms with Gasteiger partial charge in [0.2, 0.25) is 18.2 Å². The second-order valence-electron chi connectivity index (χ2n) is 8.61. The van der Waals surface area contributed by atoms with Crippen molar-refractivity contribution in [1.82, 2.24) is 20.2 Å². The van der Waals surface area contributed by atoms with E-state index in [0.29, 0.717) is 23.1 Å². The predicted molar refractivity (Wildman–Crippen MR) is 148 cm³/mol. The van der Waals surface area contributed by atoms with E-state index < -0.39 is 47.5 Å². The van der Waals surface area contributed by atoms with Crippen molar-refractivity contribution < 1.29 is 38.8 Å². The van der Waals surface area contributed by atoms with Crippen LogP contribution in [0.2, 0.25) is 0 Å². The van der Waals surface area contributed by atoms with E-state index in [1.54, 1.807) is 4.57 Å². The molecule has 1 fully saturated rings. The molecule has 8 N–H and O–H groups in total. The average Bonchev–Trinajstić information content (AvgIpc) is 3.34. The first-order valence-corrected chi connectivity index (χ1v) is 14.8. The maximum Gasteiger partial charge on any atom is 0.344 e. The standard InChI is InChI=1S/C22H25N9O7S3/c1-2-3-30-12(24)4-11(23)27-22(30)41-7-9-6-39-19-15(18(35)31(19)16(9)20(36)37)28-17(34)14(29-38-5-13(32)33)10-8-40-21(25)26-10/h4,8,15,19H,2-3,5-7H2,1H3,(H8,23,24,25,26,28,32,33,34,36,37)/b29-14-/t15?,19-/m1/s1. The lowest BCUT2D eigenvalue weighted by Crippen LogP contribution is -2.71. The van der Waals surface area contributed by atoms with Gasteiger partial charge in [0.05, 0.1) is 24.3 Å². The van der Waals surface area contributed by atoms with Crippen LogP contribution in [0.25, 0.3) is 0 Å². The van der Waals surface area contributed by atoms with Gasteiger partial charge >= 0.3 is 11.1 Å². The van der Waals surface area contributed by atoms with Crippen molar-refractivity contribution in [3.8, 4) is 0 Å². The van der Waals surface area contributed by atoms with Crippen LogP contribution in [0.4, 0.5) is 16.8 Å². The number of carboxylic acids is 2. The van der Waals surface area contributed by atoms with Gasteiger partial charge in [0.25, 0.3) is 11.8 Å². The highest BCUT2D eigenvalue weighted by Gasteiger charge is 2.53. The van der Waals surface area contributed by atoms with Crippen LogP contribution in [0.3, 0.4) is 0 Å². The number of aliphatic carboxylic acids is 2. The number of aromatic nitrogens is 3. The minimum absolute atomic E-state index is 0.0149. The van der Waals surface area contributed by atoms with Crippen molar-refractivity contribution in [2.75, 3.05) is 35.3 Å². The summed E-state index contributed by atoms with van der Waals surface area (Å²) in [6, 6.07) is 0.441. The molecule has 16 nitrogen and oxygen atoms in total. The summed E-state index contributed by atoms with van der Waals surface area (Å²) in [5.41, 5.74) is 17.3. The van der Waals surface area contributed by atoms with Crippen molar-refractivity contribution in [3.05, 3.63) is 28.4 Å². The Morgan fingerprint density at radius 3 is 2.73 bits per heavy atom. The molecular formula is C22H25N9O7S3. The van der Waals surface area contributed by atoms with Gasteiger partial charge in [-0.3, -0.25) is 14.5 Å². The molecule has 19 heteroatoms. The van der Waals surface area contributed by atoms with Crippen LogP contribution in [0.15, 0.2) is 33.0 Å². The summed E-state index contributed by atoms with van der Waals surface area (Å²) in [5, 5.41) is 28.3. The van der Waals surface area contributed by atoms with E-state index in [9.17, 15) is 24.3 Å². The topological polar surface area (TPSA) is 256 Å². The van der Waals surface area contributed by atoms with E-state index in [-0.39, 0.29) is 33.8 Å². The number of nitrogen functional groups attached to an aromatic ring is 3. The highest BCUT2D eigenvalue weighted by Crippen LogP contribution is 2.41. The molecule has 2 atom stereocenters. The van der Waals surface area contributed by atoms with Gasteiger partial charge in [-0.05, 0) is 23.8 Å². The Hall–Kier alpha value is -4.10. The maximum atomic E-state index is 13.1. The summed E-state index contributed by atoms with van der Waals surface area (Å²) >= 11 is 3.50. The van der Waals surface area contributed by atoms with Gasteiger partial charge in [-0.15, -0.1) is 23.1 Å². The number of thioether (sulfide) groups is 2. The number of β-lactam (4-membered cyclic amide) rings is 1. The molecule has 2 aromatic heterocycles. The number of anilines is 3. The summed E-state index contributed by atoms with van der Waals surface area (Å²) in [7, 11) is 0. The number of carboxylic acid groups (broad SMARTS) is 2. The third-order valence-electron chi connectivity index (χ3n) is 5.74. The third kappa shape index (κ3) is 6.46. The molecule has 0 saturated carbocycles. The molecular weight excluding hydrogens is 598 g/mol. The zero-order valence-electron chi connectivity index (χ0n) is 21.4. The first-order valence-electron chi connectivity index (χ1n) is 11.9. The van der Waals surface area contributed by atoms with E-state index in [2.05, 4.69) is 20.4 Å². The lowest BCUT2D eigenvalue weighted by atomic mass is 10.0. The fraction of sp³-hybridized carbons (Fsp3) is 0.364. The number of oxime groups is 1. The molecule has 1 unspecified atom stereocenters. The molecule has 4 rings (SSSR count). The van der Waals surface area contributed by atoms with Crippen LogP contribution in [-0.4, -0.2) is 79.0 Å². The third-order valence-corrected chi connectivity index (χ3v) is 8.81. The number of nitrogens with zero attached hydrogens (tertiary/aromatic N) is 5. The number of fused-ring (bicyclic) bond motifs is 1. The van der Waals surface area contributed by atoms with E-state index >= 15 is 0 Å². The zero-order chi connectivity index (χ0) is 29.8. The van der Waals surface area contributed by atoms with E-state index in [0.717, 1.165) is 22.7 Å². The zero-order valence-corrected chi connectivity index (χ0v) is 23.9. The van der Waals surface area contributed by atoms with Crippen LogP contribution in [-0.2, 0) is 30.6 Å². The summed E-state index contributed by atoms with van der Waals surface area (Å²) in [6.45, 7) is 1.74. The molecule has 218 valence electrons. The second kappa shape index (κ2) is 12.6. The number of carbonyl (C=O) groups excluding carboxylic acids is 3. The molecule has 0 aliphatic carbocycles. The molecule has 0 aromatic carbocycles. The number of hydrogen-bond acceptors (Lipinski definition) is 15. The number of hydrogen-bond donors (Lipinski definition) is 5. The van der Waals surface area contributed by atoms with Gasteiger partial charge in [-0.2, -0.15) is 0 Å². The molecule has 2 aliphatic rings. The molecule has 4 heterocycles. The molecule has 0 radical (unpaired) electrons. The maximum absolute atomic E-state index is 13.1. The summed E-state index contributed by atoms with van der Waals surface area (Å²) in [5.74, 6) is -3.37. The van der Waals surface area contributed by atoms with Crippen LogP contribution in [0, 0.1) is 0 Å². The Bertz CT molecular complexity index is 1460. The Balaban J connectivity index is 1.51. The summed E-state index contributed by atoms with van der Waals surface area (Å²) < 4.78 is 1.77. The Morgan fingerprint density at radius 1 is 1.34 bits per heavy atom. The first kappa shape index (κ1) is 29.9. The summed E-state index contributed by atoms with van der Waals surface area (Å²) in [4.78, 5) is 63.1. The van der Waals surface area contributed by atoms with Gasteiger partial charge in [0.15, 0.2) is 10.8 Å².